The van der Waals surface area contributed by atoms with E-state index in [0.717, 1.165) is 18.4 Å². The van der Waals surface area contributed by atoms with E-state index >= 15 is 0 Å². The van der Waals surface area contributed by atoms with Gasteiger partial charge in [-0.05, 0) is 42.9 Å². The summed E-state index contributed by atoms with van der Waals surface area (Å²) in [6.45, 7) is 6.29. The normalized spacial score (nSPS) is 25.1. The minimum absolute atomic E-state index is 0.593. The molecule has 1 aromatic rings. The predicted molar refractivity (Wildman–Crippen MR) is 78.7 cm³/mol. The van der Waals surface area contributed by atoms with E-state index in [1.54, 1.807) is 0 Å². The van der Waals surface area contributed by atoms with Crippen LogP contribution in [-0.4, -0.2) is 16.9 Å². The number of ether oxygens (including phenoxy) is 2. The van der Waals surface area contributed by atoms with Gasteiger partial charge in [0.2, 0.25) is 5.79 Å². The SMILES string of the molecule is CC(C)CCC1(C)Oc2ccc(C3(C(=O)O)CC3)cc2O1. The number of aliphatic carboxylic acids is 1. The van der Waals surface area contributed by atoms with Gasteiger partial charge in [-0.2, -0.15) is 0 Å². The van der Waals surface area contributed by atoms with Crippen molar-refractivity contribution in [3.8, 4) is 11.5 Å². The van der Waals surface area contributed by atoms with E-state index in [-0.39, 0.29) is 0 Å². The number of benzene rings is 1. The number of rotatable bonds is 5. The first-order valence-corrected chi connectivity index (χ1v) is 7.61. The molecule has 1 fully saturated rings. The zero-order chi connectivity index (χ0) is 15.3. The molecule has 0 saturated heterocycles. The van der Waals surface area contributed by atoms with Crippen molar-refractivity contribution in [2.24, 2.45) is 5.92 Å². The molecule has 0 spiro atoms. The molecule has 21 heavy (non-hydrogen) atoms. The zero-order valence-electron chi connectivity index (χ0n) is 12.8. The van der Waals surface area contributed by atoms with Gasteiger partial charge in [0.05, 0.1) is 5.41 Å². The van der Waals surface area contributed by atoms with Crippen LogP contribution in [0, 0.1) is 5.92 Å². The summed E-state index contributed by atoms with van der Waals surface area (Å²) in [4.78, 5) is 11.4. The van der Waals surface area contributed by atoms with E-state index < -0.39 is 17.2 Å². The maximum atomic E-state index is 11.4. The molecule has 4 heteroatoms. The lowest BCUT2D eigenvalue weighted by atomic mass is 9.96. The molecule has 4 nitrogen and oxygen atoms in total. The Morgan fingerprint density at radius 2 is 1.95 bits per heavy atom. The van der Waals surface area contributed by atoms with E-state index in [1.165, 1.54) is 0 Å². The predicted octanol–water partition coefficient (Wildman–Crippen LogP) is 3.73. The van der Waals surface area contributed by atoms with Gasteiger partial charge in [0.15, 0.2) is 11.5 Å². The summed E-state index contributed by atoms with van der Waals surface area (Å²) in [5, 5.41) is 9.38. The van der Waals surface area contributed by atoms with E-state index in [2.05, 4.69) is 13.8 Å². The van der Waals surface area contributed by atoms with Crippen LogP contribution in [0.15, 0.2) is 18.2 Å². The minimum atomic E-state index is -0.746. The quantitative estimate of drug-likeness (QED) is 0.897. The lowest BCUT2D eigenvalue weighted by Crippen LogP contribution is -2.34. The molecular weight excluding hydrogens is 268 g/mol. The second kappa shape index (κ2) is 4.65. The van der Waals surface area contributed by atoms with Gasteiger partial charge < -0.3 is 14.6 Å². The maximum Gasteiger partial charge on any atom is 0.314 e. The maximum absolute atomic E-state index is 11.4. The van der Waals surface area contributed by atoms with Crippen LogP contribution in [0.2, 0.25) is 0 Å². The monoisotopic (exact) mass is 290 g/mol. The first-order valence-electron chi connectivity index (χ1n) is 7.61. The van der Waals surface area contributed by atoms with Crippen molar-refractivity contribution in [1.82, 2.24) is 0 Å². The largest absolute Gasteiger partial charge is 0.481 e. The molecule has 2 aliphatic rings. The van der Waals surface area contributed by atoms with E-state index in [4.69, 9.17) is 9.47 Å². The van der Waals surface area contributed by atoms with Crippen LogP contribution in [0.4, 0.5) is 0 Å². The van der Waals surface area contributed by atoms with Crippen molar-refractivity contribution in [3.63, 3.8) is 0 Å². The molecule has 0 bridgehead atoms. The van der Waals surface area contributed by atoms with Crippen LogP contribution < -0.4 is 9.47 Å². The highest BCUT2D eigenvalue weighted by Crippen LogP contribution is 2.51. The summed E-state index contributed by atoms with van der Waals surface area (Å²) in [5.74, 6) is 0.599. The van der Waals surface area contributed by atoms with Crippen LogP contribution >= 0.6 is 0 Å². The summed E-state index contributed by atoms with van der Waals surface area (Å²) in [5.41, 5.74) is 0.125. The molecule has 1 saturated carbocycles. The third kappa shape index (κ3) is 2.47. The van der Waals surface area contributed by atoms with Gasteiger partial charge in [0.1, 0.15) is 0 Å². The Morgan fingerprint density at radius 1 is 1.29 bits per heavy atom. The minimum Gasteiger partial charge on any atom is -0.481 e. The Bertz CT molecular complexity index is 574. The van der Waals surface area contributed by atoms with E-state index in [1.807, 2.05) is 25.1 Å². The van der Waals surface area contributed by atoms with Gasteiger partial charge in [-0.1, -0.05) is 19.9 Å². The average Bonchev–Trinajstić information content (AvgIpc) is 3.14. The molecule has 3 rings (SSSR count). The Kier molecular flexibility index (Phi) is 3.15. The number of hydrogen-bond donors (Lipinski definition) is 1. The highest BCUT2D eigenvalue weighted by atomic mass is 16.7. The lowest BCUT2D eigenvalue weighted by Gasteiger charge is -2.23. The molecular formula is C17H22O4. The average molecular weight is 290 g/mol. The number of carboxylic acid groups (broad SMARTS) is 1. The van der Waals surface area contributed by atoms with Crippen molar-refractivity contribution in [2.45, 2.75) is 57.7 Å². The molecule has 1 atom stereocenters. The van der Waals surface area contributed by atoms with Crippen LogP contribution in [-0.2, 0) is 10.2 Å². The number of fused-ring (bicyclic) bond motifs is 1. The number of carboxylic acids is 1. The summed E-state index contributed by atoms with van der Waals surface area (Å²) < 4.78 is 11.9. The van der Waals surface area contributed by atoms with Gasteiger partial charge in [0, 0.05) is 13.3 Å². The van der Waals surface area contributed by atoms with Crippen molar-refractivity contribution in [3.05, 3.63) is 23.8 Å². The van der Waals surface area contributed by atoms with Crippen LogP contribution in [0.25, 0.3) is 0 Å². The molecule has 1 aliphatic heterocycles. The van der Waals surface area contributed by atoms with Crippen LogP contribution in [0.1, 0.15) is 52.0 Å². The molecule has 1 unspecified atom stereocenters. The molecule has 0 radical (unpaired) electrons. The molecule has 1 aliphatic carbocycles. The summed E-state index contributed by atoms with van der Waals surface area (Å²) >= 11 is 0. The third-order valence-corrected chi connectivity index (χ3v) is 4.48. The van der Waals surface area contributed by atoms with E-state index in [0.29, 0.717) is 30.3 Å². The van der Waals surface area contributed by atoms with Gasteiger partial charge in [-0.25, -0.2) is 0 Å². The second-order valence-corrected chi connectivity index (χ2v) is 6.82. The Hall–Kier alpha value is -1.71. The summed E-state index contributed by atoms with van der Waals surface area (Å²) in [6, 6.07) is 5.54. The Labute approximate surface area is 125 Å². The summed E-state index contributed by atoms with van der Waals surface area (Å²) in [6.07, 6.45) is 3.24. The highest BCUT2D eigenvalue weighted by molar-refractivity contribution is 5.85. The fraction of sp³-hybridized carbons (Fsp3) is 0.588. The molecule has 114 valence electrons. The van der Waals surface area contributed by atoms with Gasteiger partial charge in [0.25, 0.3) is 0 Å². The van der Waals surface area contributed by atoms with Gasteiger partial charge >= 0.3 is 5.97 Å². The highest BCUT2D eigenvalue weighted by Gasteiger charge is 2.52. The van der Waals surface area contributed by atoms with Crippen LogP contribution in [0.5, 0.6) is 11.5 Å². The van der Waals surface area contributed by atoms with Crippen LogP contribution in [0.3, 0.4) is 0 Å². The second-order valence-electron chi connectivity index (χ2n) is 6.82. The standard InChI is InChI=1S/C17H22O4/c1-11(2)6-7-16(3)20-13-5-4-12(10-14(13)21-16)17(8-9-17)15(18)19/h4-5,10-11H,6-9H2,1-3H3,(H,18,19). The van der Waals surface area contributed by atoms with Crippen molar-refractivity contribution in [1.29, 1.82) is 0 Å². The Morgan fingerprint density at radius 3 is 2.52 bits per heavy atom. The topological polar surface area (TPSA) is 55.8 Å². The fourth-order valence-corrected chi connectivity index (χ4v) is 2.86. The summed E-state index contributed by atoms with van der Waals surface area (Å²) in [7, 11) is 0. The molecule has 0 aromatic heterocycles. The van der Waals surface area contributed by atoms with Crippen molar-refractivity contribution < 1.29 is 19.4 Å². The fourth-order valence-electron chi connectivity index (χ4n) is 2.86. The first-order chi connectivity index (χ1) is 9.85. The molecule has 1 heterocycles. The molecule has 0 amide bonds. The van der Waals surface area contributed by atoms with Gasteiger partial charge in [-0.15, -0.1) is 0 Å². The van der Waals surface area contributed by atoms with Crippen molar-refractivity contribution in [2.75, 3.05) is 0 Å². The van der Waals surface area contributed by atoms with Crippen molar-refractivity contribution >= 4 is 5.97 Å². The van der Waals surface area contributed by atoms with E-state index in [9.17, 15) is 9.90 Å². The lowest BCUT2D eigenvalue weighted by molar-refractivity contribution is -0.140. The number of hydrogen-bond acceptors (Lipinski definition) is 3. The zero-order valence-corrected chi connectivity index (χ0v) is 12.8. The number of carbonyl (C=O) groups is 1. The Balaban J connectivity index is 1.80. The molecule has 1 aromatic carbocycles. The third-order valence-electron chi connectivity index (χ3n) is 4.48. The van der Waals surface area contributed by atoms with Gasteiger partial charge in [-0.3, -0.25) is 4.79 Å². The molecule has 1 N–H and O–H groups in total. The smallest absolute Gasteiger partial charge is 0.314 e. The first kappa shape index (κ1) is 14.2.